The van der Waals surface area contributed by atoms with Gasteiger partial charge in [0.05, 0.1) is 20.4 Å². The van der Waals surface area contributed by atoms with Gasteiger partial charge < -0.3 is 9.47 Å². The smallest absolute Gasteiger partial charge is 0.179 e. The summed E-state index contributed by atoms with van der Waals surface area (Å²) in [4.78, 5) is 3.86. The van der Waals surface area contributed by atoms with Gasteiger partial charge in [-0.3, -0.25) is 4.98 Å². The molecule has 0 aliphatic heterocycles. The molecule has 0 spiro atoms. The number of rotatable bonds is 2. The van der Waals surface area contributed by atoms with Gasteiger partial charge in [-0.2, -0.15) is 0 Å². The number of methoxy groups -OCH3 is 2. The molecule has 0 radical (unpaired) electrons. The Kier molecular flexibility index (Phi) is 4.38. The summed E-state index contributed by atoms with van der Waals surface area (Å²) in [5.74, 6) is 1.36. The first-order valence-corrected chi connectivity index (χ1v) is 2.90. The number of hydrogen-bond acceptors (Lipinski definition) is 3. The summed E-state index contributed by atoms with van der Waals surface area (Å²) in [6.07, 6.45) is 3.26. The molecule has 0 aromatic carbocycles. The zero-order valence-electron chi connectivity index (χ0n) is 6.40. The van der Waals surface area contributed by atoms with E-state index < -0.39 is 0 Å². The Balaban J connectivity index is 0.000001000. The molecule has 0 amide bonds. The van der Waals surface area contributed by atoms with Crippen molar-refractivity contribution in [1.82, 2.24) is 4.98 Å². The van der Waals surface area contributed by atoms with Crippen molar-refractivity contribution in [2.45, 2.75) is 0 Å². The summed E-state index contributed by atoms with van der Waals surface area (Å²) in [5, 5.41) is 0. The first-order chi connectivity index (χ1) is 4.88. The molecule has 0 N–H and O–H groups in total. The molecule has 1 aromatic rings. The van der Waals surface area contributed by atoms with E-state index in [1.165, 1.54) is 0 Å². The van der Waals surface area contributed by atoms with Gasteiger partial charge in [0.2, 0.25) is 0 Å². The highest BCUT2D eigenvalue weighted by Gasteiger charge is 1.98. The largest absolute Gasteiger partial charge is 0.493 e. The third-order valence-corrected chi connectivity index (χ3v) is 1.19. The maximum absolute atomic E-state index is 4.97. The van der Waals surface area contributed by atoms with Crippen LogP contribution in [0.3, 0.4) is 0 Å². The maximum Gasteiger partial charge on any atom is 0.179 e. The lowest BCUT2D eigenvalue weighted by Crippen LogP contribution is -1.89. The lowest BCUT2D eigenvalue weighted by atomic mass is 10.4. The Morgan fingerprint density at radius 3 is 2.27 bits per heavy atom. The van der Waals surface area contributed by atoms with Crippen LogP contribution < -0.4 is 9.47 Å². The highest BCUT2D eigenvalue weighted by atomic mass is 35.5. The molecule has 1 aromatic heterocycles. The number of pyridine rings is 1. The highest BCUT2D eigenvalue weighted by Crippen LogP contribution is 2.23. The summed E-state index contributed by atoms with van der Waals surface area (Å²) in [6.45, 7) is 0. The quantitative estimate of drug-likeness (QED) is 0.683. The second-order valence-corrected chi connectivity index (χ2v) is 1.73. The van der Waals surface area contributed by atoms with E-state index >= 15 is 0 Å². The molecule has 0 unspecified atom stereocenters. The molecule has 0 saturated heterocycles. The number of nitrogens with zero attached hydrogens (tertiary/aromatic N) is 1. The molecular weight excluding hydrogens is 166 g/mol. The maximum atomic E-state index is 4.97. The monoisotopic (exact) mass is 175 g/mol. The predicted octanol–water partition coefficient (Wildman–Crippen LogP) is 1.52. The van der Waals surface area contributed by atoms with Crippen LogP contribution in [-0.2, 0) is 0 Å². The number of halogens is 1. The molecule has 0 bridgehead atoms. The van der Waals surface area contributed by atoms with Crippen molar-refractivity contribution in [2.24, 2.45) is 0 Å². The first-order valence-electron chi connectivity index (χ1n) is 2.90. The van der Waals surface area contributed by atoms with E-state index in [2.05, 4.69) is 4.98 Å². The second kappa shape index (κ2) is 4.79. The van der Waals surface area contributed by atoms with Gasteiger partial charge in [0.1, 0.15) is 0 Å². The normalized spacial score (nSPS) is 8.18. The molecule has 0 aliphatic rings. The Hall–Kier alpha value is -0.960. The number of ether oxygens (including phenoxy) is 2. The fourth-order valence-corrected chi connectivity index (χ4v) is 0.689. The first kappa shape index (κ1) is 10.0. The van der Waals surface area contributed by atoms with E-state index in [1.54, 1.807) is 32.7 Å². The molecule has 1 heterocycles. The third-order valence-electron chi connectivity index (χ3n) is 1.19. The van der Waals surface area contributed by atoms with Crippen LogP contribution in [0.1, 0.15) is 0 Å². The van der Waals surface area contributed by atoms with Gasteiger partial charge in [-0.15, -0.1) is 12.4 Å². The molecule has 1 rings (SSSR count). The van der Waals surface area contributed by atoms with E-state index in [0.717, 1.165) is 0 Å². The standard InChI is InChI=1S/C7H9NO2.ClH/c1-9-6-3-4-8-5-7(6)10-2;/h3-5H,1-2H3;1H. The van der Waals surface area contributed by atoms with Crippen molar-refractivity contribution < 1.29 is 9.47 Å². The van der Waals surface area contributed by atoms with Gasteiger partial charge in [0, 0.05) is 12.3 Å². The van der Waals surface area contributed by atoms with Gasteiger partial charge in [0.25, 0.3) is 0 Å². The molecule has 0 aliphatic carbocycles. The van der Waals surface area contributed by atoms with Crippen molar-refractivity contribution >= 4 is 12.4 Å². The highest BCUT2D eigenvalue weighted by molar-refractivity contribution is 5.85. The summed E-state index contributed by atoms with van der Waals surface area (Å²) in [7, 11) is 3.18. The molecule has 3 nitrogen and oxygen atoms in total. The minimum atomic E-state index is 0. The van der Waals surface area contributed by atoms with Crippen LogP contribution in [0, 0.1) is 0 Å². The topological polar surface area (TPSA) is 31.4 Å². The van der Waals surface area contributed by atoms with Gasteiger partial charge >= 0.3 is 0 Å². The van der Waals surface area contributed by atoms with Gasteiger partial charge in [-0.05, 0) is 0 Å². The molecule has 4 heteroatoms. The molecule has 62 valence electrons. The zero-order chi connectivity index (χ0) is 7.40. The SMILES string of the molecule is COc1ccncc1OC.Cl. The summed E-state index contributed by atoms with van der Waals surface area (Å²) >= 11 is 0. The van der Waals surface area contributed by atoms with Crippen LogP contribution in [0.5, 0.6) is 11.5 Å². The Labute approximate surface area is 71.8 Å². The van der Waals surface area contributed by atoms with Gasteiger partial charge in [-0.1, -0.05) is 0 Å². The second-order valence-electron chi connectivity index (χ2n) is 1.73. The van der Waals surface area contributed by atoms with E-state index in [4.69, 9.17) is 9.47 Å². The van der Waals surface area contributed by atoms with Crippen molar-refractivity contribution in [1.29, 1.82) is 0 Å². The molecule has 0 fully saturated rings. The van der Waals surface area contributed by atoms with E-state index in [9.17, 15) is 0 Å². The van der Waals surface area contributed by atoms with Gasteiger partial charge in [0.15, 0.2) is 11.5 Å². The van der Waals surface area contributed by atoms with Crippen LogP contribution in [0.25, 0.3) is 0 Å². The summed E-state index contributed by atoms with van der Waals surface area (Å²) in [5.41, 5.74) is 0. The molecule has 11 heavy (non-hydrogen) atoms. The van der Waals surface area contributed by atoms with Crippen LogP contribution in [0.2, 0.25) is 0 Å². The van der Waals surface area contributed by atoms with Crippen LogP contribution in [0.15, 0.2) is 18.5 Å². The number of aromatic nitrogens is 1. The molecule has 0 atom stereocenters. The number of hydrogen-bond donors (Lipinski definition) is 0. The van der Waals surface area contributed by atoms with Crippen molar-refractivity contribution in [3.8, 4) is 11.5 Å². The van der Waals surface area contributed by atoms with Crippen LogP contribution in [0.4, 0.5) is 0 Å². The lowest BCUT2D eigenvalue weighted by Gasteiger charge is -2.03. The minimum Gasteiger partial charge on any atom is -0.493 e. The lowest BCUT2D eigenvalue weighted by molar-refractivity contribution is 0.353. The van der Waals surface area contributed by atoms with Crippen molar-refractivity contribution in [3.63, 3.8) is 0 Å². The van der Waals surface area contributed by atoms with Crippen LogP contribution in [-0.4, -0.2) is 19.2 Å². The van der Waals surface area contributed by atoms with E-state index in [0.29, 0.717) is 11.5 Å². The summed E-state index contributed by atoms with van der Waals surface area (Å²) in [6, 6.07) is 1.75. The Morgan fingerprint density at radius 2 is 1.82 bits per heavy atom. The Bertz CT molecular complexity index is 194. The third kappa shape index (κ3) is 2.27. The molecule has 0 saturated carbocycles. The summed E-state index contributed by atoms with van der Waals surface area (Å²) < 4.78 is 9.92. The van der Waals surface area contributed by atoms with Crippen molar-refractivity contribution in [2.75, 3.05) is 14.2 Å². The fourth-order valence-electron chi connectivity index (χ4n) is 0.689. The van der Waals surface area contributed by atoms with Crippen molar-refractivity contribution in [3.05, 3.63) is 18.5 Å². The van der Waals surface area contributed by atoms with Crippen LogP contribution >= 0.6 is 12.4 Å². The molecular formula is C7H10ClNO2. The fraction of sp³-hybridized carbons (Fsp3) is 0.286. The van der Waals surface area contributed by atoms with Gasteiger partial charge in [-0.25, -0.2) is 0 Å². The van der Waals surface area contributed by atoms with E-state index in [1.807, 2.05) is 0 Å². The minimum absolute atomic E-state index is 0. The zero-order valence-corrected chi connectivity index (χ0v) is 7.22. The predicted molar refractivity (Wildman–Crippen MR) is 44.6 cm³/mol. The Morgan fingerprint density at radius 1 is 1.18 bits per heavy atom. The van der Waals surface area contributed by atoms with E-state index in [-0.39, 0.29) is 12.4 Å². The average molecular weight is 176 g/mol. The average Bonchev–Trinajstić information content (AvgIpc) is 2.04.